The molecular weight excluding hydrogens is 348 g/mol. The zero-order valence-corrected chi connectivity index (χ0v) is 15.8. The molecule has 0 spiro atoms. The number of nitrogens with zero attached hydrogens (tertiary/aromatic N) is 3. The number of anilines is 1. The van der Waals surface area contributed by atoms with Crippen LogP contribution in [0.3, 0.4) is 0 Å². The second kappa shape index (κ2) is 7.94. The van der Waals surface area contributed by atoms with Crippen molar-refractivity contribution in [1.82, 2.24) is 14.9 Å². The van der Waals surface area contributed by atoms with E-state index in [0.29, 0.717) is 47.3 Å². The Labute approximate surface area is 157 Å². The molecule has 0 radical (unpaired) electrons. The Hall–Kier alpha value is -3.29. The van der Waals surface area contributed by atoms with Gasteiger partial charge >= 0.3 is 0 Å². The average molecular weight is 370 g/mol. The largest absolute Gasteiger partial charge is 0.493 e. The lowest BCUT2D eigenvalue weighted by atomic mass is 10.1. The van der Waals surface area contributed by atoms with Gasteiger partial charge in [-0.1, -0.05) is 24.2 Å². The normalized spacial score (nSPS) is 10.7. The fourth-order valence-electron chi connectivity index (χ4n) is 2.93. The first-order valence-corrected chi connectivity index (χ1v) is 8.57. The minimum absolute atomic E-state index is 0.273. The third-order valence-electron chi connectivity index (χ3n) is 4.26. The number of amides is 1. The van der Waals surface area contributed by atoms with Crippen molar-refractivity contribution >= 4 is 11.7 Å². The van der Waals surface area contributed by atoms with Crippen LogP contribution in [-0.4, -0.2) is 35.1 Å². The average Bonchev–Trinajstić information content (AvgIpc) is 3.27. The first-order valence-electron chi connectivity index (χ1n) is 8.57. The molecule has 27 heavy (non-hydrogen) atoms. The number of carbonyl (C=O) groups is 1. The first-order chi connectivity index (χ1) is 13.1. The van der Waals surface area contributed by atoms with Gasteiger partial charge in [0.15, 0.2) is 11.5 Å². The Morgan fingerprint density at radius 2 is 2.07 bits per heavy atom. The third kappa shape index (κ3) is 3.64. The van der Waals surface area contributed by atoms with Crippen molar-refractivity contribution in [2.24, 2.45) is 0 Å². The van der Waals surface area contributed by atoms with Gasteiger partial charge in [0.05, 0.1) is 32.7 Å². The van der Waals surface area contributed by atoms with Gasteiger partial charge in [0.2, 0.25) is 0 Å². The lowest BCUT2D eigenvalue weighted by Crippen LogP contribution is -2.18. The number of methoxy groups -OCH3 is 2. The Bertz CT molecular complexity index is 945. The highest BCUT2D eigenvalue weighted by molar-refractivity contribution is 6.05. The zero-order chi connectivity index (χ0) is 19.4. The number of nitrogens with one attached hydrogen (secondary N) is 1. The van der Waals surface area contributed by atoms with Gasteiger partial charge in [0, 0.05) is 11.6 Å². The molecule has 3 aromatic rings. The minimum atomic E-state index is -0.273. The van der Waals surface area contributed by atoms with E-state index in [4.69, 9.17) is 14.0 Å². The summed E-state index contributed by atoms with van der Waals surface area (Å²) in [5, 5.41) is 11.1. The standard InChI is InChI=1S/C19H22N4O4/c1-5-14-17(12(2)27-22-14)19(24)21-16-9-10-20-23(16)11-13-7-6-8-15(25-3)18(13)26-4/h6-10H,5,11H2,1-4H3,(H,21,24). The van der Waals surface area contributed by atoms with Crippen molar-refractivity contribution in [3.8, 4) is 11.5 Å². The number of carbonyl (C=O) groups excluding carboxylic acids is 1. The Balaban J connectivity index is 1.85. The summed E-state index contributed by atoms with van der Waals surface area (Å²) < 4.78 is 17.6. The van der Waals surface area contributed by atoms with E-state index in [-0.39, 0.29) is 5.91 Å². The van der Waals surface area contributed by atoms with E-state index >= 15 is 0 Å². The van der Waals surface area contributed by atoms with Crippen molar-refractivity contribution in [3.05, 3.63) is 53.0 Å². The molecule has 1 aromatic carbocycles. The molecule has 1 N–H and O–H groups in total. The van der Waals surface area contributed by atoms with E-state index < -0.39 is 0 Å². The maximum atomic E-state index is 12.7. The highest BCUT2D eigenvalue weighted by Gasteiger charge is 2.20. The molecule has 8 heteroatoms. The fraction of sp³-hybridized carbons (Fsp3) is 0.316. The maximum Gasteiger partial charge on any atom is 0.262 e. The van der Waals surface area contributed by atoms with Gasteiger partial charge < -0.3 is 19.3 Å². The summed E-state index contributed by atoms with van der Waals surface area (Å²) in [4.78, 5) is 12.7. The predicted molar refractivity (Wildman–Crippen MR) is 99.4 cm³/mol. The molecular formula is C19H22N4O4. The van der Waals surface area contributed by atoms with E-state index in [1.54, 1.807) is 38.1 Å². The zero-order valence-electron chi connectivity index (χ0n) is 15.8. The number of rotatable bonds is 7. The molecule has 0 aliphatic heterocycles. The van der Waals surface area contributed by atoms with Crippen molar-refractivity contribution < 1.29 is 18.8 Å². The van der Waals surface area contributed by atoms with Gasteiger partial charge in [-0.3, -0.25) is 4.79 Å². The third-order valence-corrected chi connectivity index (χ3v) is 4.26. The summed E-state index contributed by atoms with van der Waals surface area (Å²) in [6, 6.07) is 7.37. The summed E-state index contributed by atoms with van der Waals surface area (Å²) in [5.74, 6) is 2.05. The van der Waals surface area contributed by atoms with E-state index in [1.165, 1.54) is 0 Å². The van der Waals surface area contributed by atoms with Gasteiger partial charge in [0.1, 0.15) is 17.1 Å². The second-order valence-electron chi connectivity index (χ2n) is 5.89. The Morgan fingerprint density at radius 1 is 1.26 bits per heavy atom. The summed E-state index contributed by atoms with van der Waals surface area (Å²) >= 11 is 0. The first kappa shape index (κ1) is 18.5. The number of para-hydroxylation sites is 1. The molecule has 0 unspecified atom stereocenters. The van der Waals surface area contributed by atoms with E-state index in [2.05, 4.69) is 15.6 Å². The predicted octanol–water partition coefficient (Wildman–Crippen LogP) is 3.06. The number of benzene rings is 1. The number of ether oxygens (including phenoxy) is 2. The smallest absolute Gasteiger partial charge is 0.262 e. The van der Waals surface area contributed by atoms with Crippen LogP contribution < -0.4 is 14.8 Å². The van der Waals surface area contributed by atoms with Crippen molar-refractivity contribution in [3.63, 3.8) is 0 Å². The van der Waals surface area contributed by atoms with Crippen LogP contribution in [0.25, 0.3) is 0 Å². The maximum absolute atomic E-state index is 12.7. The molecule has 0 fully saturated rings. The SMILES string of the molecule is CCc1noc(C)c1C(=O)Nc1ccnn1Cc1cccc(OC)c1OC. The Kier molecular flexibility index (Phi) is 5.44. The van der Waals surface area contributed by atoms with Gasteiger partial charge in [-0.25, -0.2) is 4.68 Å². The molecule has 0 atom stereocenters. The molecule has 2 heterocycles. The van der Waals surface area contributed by atoms with Gasteiger partial charge in [-0.15, -0.1) is 0 Å². The minimum Gasteiger partial charge on any atom is -0.493 e. The molecule has 0 aliphatic carbocycles. The van der Waals surface area contributed by atoms with Gasteiger partial charge in [0.25, 0.3) is 5.91 Å². The molecule has 0 aliphatic rings. The number of aryl methyl sites for hydroxylation is 2. The lowest BCUT2D eigenvalue weighted by Gasteiger charge is -2.14. The lowest BCUT2D eigenvalue weighted by molar-refractivity contribution is 0.102. The van der Waals surface area contributed by atoms with Crippen LogP contribution in [0.4, 0.5) is 5.82 Å². The van der Waals surface area contributed by atoms with Crippen molar-refractivity contribution in [2.75, 3.05) is 19.5 Å². The van der Waals surface area contributed by atoms with Crippen LogP contribution in [0.5, 0.6) is 11.5 Å². The van der Waals surface area contributed by atoms with E-state index in [0.717, 1.165) is 5.56 Å². The molecule has 2 aromatic heterocycles. The van der Waals surface area contributed by atoms with Crippen LogP contribution >= 0.6 is 0 Å². The van der Waals surface area contributed by atoms with Gasteiger partial charge in [-0.05, 0) is 19.4 Å². The molecule has 1 amide bonds. The topological polar surface area (TPSA) is 91.4 Å². The summed E-state index contributed by atoms with van der Waals surface area (Å²) in [6.45, 7) is 4.05. The fourth-order valence-corrected chi connectivity index (χ4v) is 2.93. The monoisotopic (exact) mass is 370 g/mol. The highest BCUT2D eigenvalue weighted by Crippen LogP contribution is 2.31. The molecule has 0 saturated carbocycles. The van der Waals surface area contributed by atoms with Crippen molar-refractivity contribution in [2.45, 2.75) is 26.8 Å². The highest BCUT2D eigenvalue weighted by atomic mass is 16.5. The van der Waals surface area contributed by atoms with Gasteiger partial charge in [-0.2, -0.15) is 5.10 Å². The molecule has 0 bridgehead atoms. The van der Waals surface area contributed by atoms with Crippen LogP contribution in [0.1, 0.15) is 34.3 Å². The quantitative estimate of drug-likeness (QED) is 0.687. The molecule has 0 saturated heterocycles. The summed E-state index contributed by atoms with van der Waals surface area (Å²) in [7, 11) is 3.18. The van der Waals surface area contributed by atoms with E-state index in [1.807, 2.05) is 25.1 Å². The van der Waals surface area contributed by atoms with E-state index in [9.17, 15) is 4.79 Å². The molecule has 142 valence electrons. The Morgan fingerprint density at radius 3 is 2.78 bits per heavy atom. The molecule has 3 rings (SSSR count). The van der Waals surface area contributed by atoms with Crippen molar-refractivity contribution in [1.29, 1.82) is 0 Å². The summed E-state index contributed by atoms with van der Waals surface area (Å²) in [5.41, 5.74) is 1.97. The second-order valence-corrected chi connectivity index (χ2v) is 5.89. The van der Waals surface area contributed by atoms with Crippen LogP contribution in [-0.2, 0) is 13.0 Å². The summed E-state index contributed by atoms with van der Waals surface area (Å²) in [6.07, 6.45) is 2.24. The number of hydrogen-bond donors (Lipinski definition) is 1. The van der Waals surface area contributed by atoms with Crippen LogP contribution in [0, 0.1) is 6.92 Å². The van der Waals surface area contributed by atoms with Crippen LogP contribution in [0.15, 0.2) is 35.0 Å². The molecule has 8 nitrogen and oxygen atoms in total. The number of hydrogen-bond acceptors (Lipinski definition) is 6. The van der Waals surface area contributed by atoms with Crippen LogP contribution in [0.2, 0.25) is 0 Å². The number of aromatic nitrogens is 3.